The van der Waals surface area contributed by atoms with Crippen molar-refractivity contribution in [1.82, 2.24) is 4.98 Å². The number of allylic oxidation sites excluding steroid dienone is 1. The normalized spacial score (nSPS) is 10.8. The van der Waals surface area contributed by atoms with Gasteiger partial charge in [-0.25, -0.2) is 9.37 Å². The summed E-state index contributed by atoms with van der Waals surface area (Å²) in [6, 6.07) is 7.82. The van der Waals surface area contributed by atoms with Crippen LogP contribution < -0.4 is 15.8 Å². The number of hydrogen-bond acceptors (Lipinski definition) is 4. The van der Waals surface area contributed by atoms with E-state index >= 15 is 0 Å². The summed E-state index contributed by atoms with van der Waals surface area (Å²) < 4.78 is 19.8. The highest BCUT2D eigenvalue weighted by atomic mass is 19.1. The largest absolute Gasteiger partial charge is 0.490 e. The van der Waals surface area contributed by atoms with Gasteiger partial charge >= 0.3 is 0 Å². The van der Waals surface area contributed by atoms with E-state index in [1.54, 1.807) is 25.1 Å². The minimum Gasteiger partial charge on any atom is -0.490 e. The third-order valence-corrected chi connectivity index (χ3v) is 3.30. The molecule has 1 aromatic carbocycles. The van der Waals surface area contributed by atoms with Crippen LogP contribution in [-0.4, -0.2) is 17.5 Å². The standard InChI is InChI=1S/C18H20FN3O2/c1-3-4-5-11-24-15-8-6-7-14(16(15)19)22-18(23)13-10-9-12(2)21-17(13)20/h3-4,6-10H,5,11H2,1-2H3,(H2,20,21)(H,22,23). The maximum atomic E-state index is 14.4. The Morgan fingerprint density at radius 3 is 2.88 bits per heavy atom. The number of nitrogens with two attached hydrogens (primary N) is 1. The quantitative estimate of drug-likeness (QED) is 0.625. The van der Waals surface area contributed by atoms with Crippen LogP contribution >= 0.6 is 0 Å². The number of pyridine rings is 1. The van der Waals surface area contributed by atoms with Gasteiger partial charge < -0.3 is 15.8 Å². The molecule has 0 unspecified atom stereocenters. The van der Waals surface area contributed by atoms with Crippen LogP contribution in [0.2, 0.25) is 0 Å². The molecule has 1 aromatic heterocycles. The number of aryl methyl sites for hydroxylation is 1. The second-order valence-electron chi connectivity index (χ2n) is 5.16. The zero-order valence-corrected chi connectivity index (χ0v) is 13.7. The number of nitrogen functional groups attached to an aromatic ring is 1. The number of anilines is 2. The van der Waals surface area contributed by atoms with Gasteiger partial charge in [-0.05, 0) is 44.5 Å². The molecule has 0 saturated carbocycles. The van der Waals surface area contributed by atoms with Gasteiger partial charge in [0.25, 0.3) is 5.91 Å². The molecular weight excluding hydrogens is 309 g/mol. The van der Waals surface area contributed by atoms with E-state index in [0.717, 1.165) is 0 Å². The first-order chi connectivity index (χ1) is 11.5. The molecule has 1 amide bonds. The lowest BCUT2D eigenvalue weighted by Crippen LogP contribution is -2.16. The highest BCUT2D eigenvalue weighted by Crippen LogP contribution is 2.25. The summed E-state index contributed by atoms with van der Waals surface area (Å²) in [5.41, 5.74) is 6.67. The van der Waals surface area contributed by atoms with E-state index < -0.39 is 11.7 Å². The zero-order valence-electron chi connectivity index (χ0n) is 13.7. The molecule has 0 aliphatic carbocycles. The third kappa shape index (κ3) is 4.32. The SMILES string of the molecule is CC=CCCOc1cccc(NC(=O)c2ccc(C)nc2N)c1F. The van der Waals surface area contributed by atoms with Crippen LogP contribution in [0.1, 0.15) is 29.4 Å². The van der Waals surface area contributed by atoms with Crippen molar-refractivity contribution >= 4 is 17.4 Å². The summed E-state index contributed by atoms with van der Waals surface area (Å²) in [7, 11) is 0. The minimum atomic E-state index is -0.620. The number of hydrogen-bond donors (Lipinski definition) is 2. The lowest BCUT2D eigenvalue weighted by molar-refractivity contribution is 0.102. The Hall–Kier alpha value is -2.89. The average molecular weight is 329 g/mol. The van der Waals surface area contributed by atoms with E-state index in [2.05, 4.69) is 10.3 Å². The third-order valence-electron chi connectivity index (χ3n) is 3.30. The first-order valence-corrected chi connectivity index (χ1v) is 7.60. The Balaban J connectivity index is 2.13. The van der Waals surface area contributed by atoms with E-state index in [4.69, 9.17) is 10.5 Å². The molecule has 6 heteroatoms. The molecule has 0 aliphatic rings. The van der Waals surface area contributed by atoms with Gasteiger partial charge in [-0.15, -0.1) is 0 Å². The number of nitrogens with one attached hydrogen (secondary N) is 1. The van der Waals surface area contributed by atoms with Crippen LogP contribution in [0.15, 0.2) is 42.5 Å². The molecule has 0 bridgehead atoms. The molecule has 24 heavy (non-hydrogen) atoms. The second-order valence-corrected chi connectivity index (χ2v) is 5.16. The van der Waals surface area contributed by atoms with Gasteiger partial charge in [0.1, 0.15) is 5.82 Å². The van der Waals surface area contributed by atoms with E-state index in [0.29, 0.717) is 18.7 Å². The van der Waals surface area contributed by atoms with E-state index in [-0.39, 0.29) is 22.8 Å². The first-order valence-electron chi connectivity index (χ1n) is 7.60. The summed E-state index contributed by atoms with van der Waals surface area (Å²) in [6.07, 6.45) is 4.51. The molecule has 0 aliphatic heterocycles. The summed E-state index contributed by atoms with van der Waals surface area (Å²) in [6.45, 7) is 4.03. The molecule has 1 heterocycles. The minimum absolute atomic E-state index is 0.0310. The van der Waals surface area contributed by atoms with Gasteiger partial charge in [0, 0.05) is 5.69 Å². The number of carbonyl (C=O) groups is 1. The van der Waals surface area contributed by atoms with Crippen molar-refractivity contribution in [3.05, 3.63) is 59.6 Å². The molecule has 2 rings (SSSR count). The molecule has 0 spiro atoms. The number of nitrogens with zero attached hydrogens (tertiary/aromatic N) is 1. The van der Waals surface area contributed by atoms with E-state index in [1.807, 2.05) is 19.1 Å². The predicted octanol–water partition coefficient (Wildman–Crippen LogP) is 3.71. The van der Waals surface area contributed by atoms with Crippen molar-refractivity contribution in [2.75, 3.05) is 17.7 Å². The molecule has 0 atom stereocenters. The highest BCUT2D eigenvalue weighted by Gasteiger charge is 2.15. The Bertz CT molecular complexity index is 760. The lowest BCUT2D eigenvalue weighted by atomic mass is 10.2. The van der Waals surface area contributed by atoms with E-state index in [9.17, 15) is 9.18 Å². The number of carbonyl (C=O) groups excluding carboxylic acids is 1. The van der Waals surface area contributed by atoms with Crippen molar-refractivity contribution in [2.24, 2.45) is 0 Å². The van der Waals surface area contributed by atoms with Crippen molar-refractivity contribution in [3.8, 4) is 5.75 Å². The highest BCUT2D eigenvalue weighted by molar-refractivity contribution is 6.07. The Kier molecular flexibility index (Phi) is 5.89. The molecule has 2 aromatic rings. The molecule has 5 nitrogen and oxygen atoms in total. The predicted molar refractivity (Wildman–Crippen MR) is 92.7 cm³/mol. The molecule has 126 valence electrons. The van der Waals surface area contributed by atoms with Crippen LogP contribution in [0.3, 0.4) is 0 Å². The fourth-order valence-electron chi connectivity index (χ4n) is 2.08. The Morgan fingerprint density at radius 2 is 2.17 bits per heavy atom. The number of aromatic nitrogens is 1. The molecule has 0 saturated heterocycles. The van der Waals surface area contributed by atoms with Gasteiger partial charge in [-0.3, -0.25) is 4.79 Å². The van der Waals surface area contributed by atoms with Gasteiger partial charge in [-0.1, -0.05) is 18.2 Å². The van der Waals surface area contributed by atoms with Crippen LogP contribution in [0.25, 0.3) is 0 Å². The number of amides is 1. The van der Waals surface area contributed by atoms with Crippen LogP contribution in [0.5, 0.6) is 5.75 Å². The van der Waals surface area contributed by atoms with E-state index in [1.165, 1.54) is 12.1 Å². The summed E-state index contributed by atoms with van der Waals surface area (Å²) in [4.78, 5) is 16.3. The number of ether oxygens (including phenoxy) is 1. The Labute approximate surface area is 140 Å². The molecule has 0 radical (unpaired) electrons. The number of benzene rings is 1. The summed E-state index contributed by atoms with van der Waals surface area (Å²) in [5, 5.41) is 2.50. The van der Waals surface area contributed by atoms with Crippen molar-refractivity contribution in [1.29, 1.82) is 0 Å². The van der Waals surface area contributed by atoms with Gasteiger partial charge in [0.2, 0.25) is 0 Å². The van der Waals surface area contributed by atoms with Gasteiger partial charge in [0.15, 0.2) is 11.6 Å². The fourth-order valence-corrected chi connectivity index (χ4v) is 2.08. The van der Waals surface area contributed by atoms with Gasteiger partial charge in [-0.2, -0.15) is 0 Å². The Morgan fingerprint density at radius 1 is 1.38 bits per heavy atom. The first kappa shape index (κ1) is 17.5. The summed E-state index contributed by atoms with van der Waals surface area (Å²) in [5.74, 6) is -0.950. The maximum Gasteiger partial charge on any atom is 0.259 e. The average Bonchev–Trinajstić information content (AvgIpc) is 2.54. The topological polar surface area (TPSA) is 77.2 Å². The van der Waals surface area contributed by atoms with Gasteiger partial charge in [0.05, 0.1) is 17.9 Å². The molecule has 3 N–H and O–H groups in total. The van der Waals surface area contributed by atoms with Crippen molar-refractivity contribution in [2.45, 2.75) is 20.3 Å². The zero-order chi connectivity index (χ0) is 17.5. The maximum absolute atomic E-state index is 14.4. The lowest BCUT2D eigenvalue weighted by Gasteiger charge is -2.11. The number of halogens is 1. The van der Waals surface area contributed by atoms with Crippen molar-refractivity contribution < 1.29 is 13.9 Å². The molecule has 0 fully saturated rings. The molecular formula is C18H20FN3O2. The summed E-state index contributed by atoms with van der Waals surface area (Å²) >= 11 is 0. The second kappa shape index (κ2) is 8.10. The van der Waals surface area contributed by atoms with Crippen molar-refractivity contribution in [3.63, 3.8) is 0 Å². The number of rotatable bonds is 6. The fraction of sp³-hybridized carbons (Fsp3) is 0.222. The monoisotopic (exact) mass is 329 g/mol. The smallest absolute Gasteiger partial charge is 0.259 e. The van der Waals surface area contributed by atoms with Crippen LogP contribution in [0.4, 0.5) is 15.9 Å². The van der Waals surface area contributed by atoms with Crippen LogP contribution in [0, 0.1) is 12.7 Å². The van der Waals surface area contributed by atoms with Crippen LogP contribution in [-0.2, 0) is 0 Å².